The molecule has 1 aliphatic rings. The lowest BCUT2D eigenvalue weighted by atomic mass is 9.97. The van der Waals surface area contributed by atoms with Crippen LogP contribution in [0.3, 0.4) is 0 Å². The lowest BCUT2D eigenvalue weighted by Crippen LogP contribution is -2.38. The number of hydrogen-bond donors (Lipinski definition) is 1. The van der Waals surface area contributed by atoms with E-state index in [1.54, 1.807) is 0 Å². The van der Waals surface area contributed by atoms with Crippen LogP contribution < -0.4 is 0 Å². The number of aliphatic hydroxyl groups excluding tert-OH is 1. The van der Waals surface area contributed by atoms with E-state index in [2.05, 4.69) is 0 Å². The summed E-state index contributed by atoms with van der Waals surface area (Å²) in [5.74, 6) is -0.475. The maximum Gasteiger partial charge on any atom is 0.269 e. The Bertz CT molecular complexity index is 676. The van der Waals surface area contributed by atoms with Gasteiger partial charge in [0.15, 0.2) is 6.23 Å². The Morgan fingerprint density at radius 1 is 0.909 bits per heavy atom. The molecule has 2 aromatic carbocycles. The van der Waals surface area contributed by atoms with Crippen LogP contribution in [0.4, 0.5) is 0 Å². The van der Waals surface area contributed by atoms with Crippen LogP contribution in [0.25, 0.3) is 0 Å². The topological polar surface area (TPSA) is 40.5 Å². The molecule has 1 heterocycles. The summed E-state index contributed by atoms with van der Waals surface area (Å²) in [6.07, 6.45) is -1.24. The molecule has 3 rings (SSSR count). The molecule has 1 atom stereocenters. The van der Waals surface area contributed by atoms with Gasteiger partial charge in [-0.15, -0.1) is 0 Å². The van der Waals surface area contributed by atoms with Gasteiger partial charge in [-0.1, -0.05) is 83.9 Å². The van der Waals surface area contributed by atoms with Gasteiger partial charge in [-0.3, -0.25) is 9.69 Å². The molecular weight excluding hydrogens is 321 g/mol. The zero-order valence-corrected chi connectivity index (χ0v) is 13.0. The fraction of sp³-hybridized carbons (Fsp3) is 0.118. The Morgan fingerprint density at radius 3 is 1.73 bits per heavy atom. The summed E-state index contributed by atoms with van der Waals surface area (Å²) in [6.45, 7) is 0. The lowest BCUT2D eigenvalue weighted by molar-refractivity contribution is -0.133. The molecule has 3 nitrogen and oxygen atoms in total. The van der Waals surface area contributed by atoms with Crippen LogP contribution in [-0.4, -0.2) is 22.1 Å². The van der Waals surface area contributed by atoms with Gasteiger partial charge < -0.3 is 5.11 Å². The molecule has 112 valence electrons. The average molecular weight is 334 g/mol. The highest BCUT2D eigenvalue weighted by Crippen LogP contribution is 2.39. The van der Waals surface area contributed by atoms with Gasteiger partial charge in [-0.05, 0) is 11.1 Å². The number of aliphatic hydroxyl groups is 1. The van der Waals surface area contributed by atoms with Crippen LogP contribution in [0.1, 0.15) is 17.2 Å². The van der Waals surface area contributed by atoms with Gasteiger partial charge in [0, 0.05) is 0 Å². The van der Waals surface area contributed by atoms with Gasteiger partial charge in [-0.25, -0.2) is 0 Å². The summed E-state index contributed by atoms with van der Waals surface area (Å²) >= 11 is 11.9. The standard InChI is InChI=1S/C17H13Cl2NO2/c18-13-14(19)17(22)20(16(13)21)15(11-7-3-1-4-8-11)12-9-5-2-6-10-12/h1-10,15-16,21H. The molecule has 0 aromatic heterocycles. The van der Waals surface area contributed by atoms with Crippen molar-refractivity contribution in [3.8, 4) is 0 Å². The van der Waals surface area contributed by atoms with E-state index >= 15 is 0 Å². The molecular formula is C17H13Cl2NO2. The zero-order valence-electron chi connectivity index (χ0n) is 11.5. The number of hydrogen-bond acceptors (Lipinski definition) is 2. The lowest BCUT2D eigenvalue weighted by Gasteiger charge is -2.31. The number of halogens is 2. The highest BCUT2D eigenvalue weighted by atomic mass is 35.5. The number of amides is 1. The molecule has 1 unspecified atom stereocenters. The maximum atomic E-state index is 12.4. The fourth-order valence-corrected chi connectivity index (χ4v) is 2.99. The number of benzene rings is 2. The minimum Gasteiger partial charge on any atom is -0.368 e. The van der Waals surface area contributed by atoms with Gasteiger partial charge in [0.25, 0.3) is 5.91 Å². The van der Waals surface area contributed by atoms with E-state index in [1.165, 1.54) is 4.90 Å². The first kappa shape index (κ1) is 15.1. The molecule has 2 aromatic rings. The summed E-state index contributed by atoms with van der Waals surface area (Å²) in [5.41, 5.74) is 1.74. The van der Waals surface area contributed by atoms with Crippen LogP contribution in [0.2, 0.25) is 0 Å². The third-order valence-electron chi connectivity index (χ3n) is 3.63. The summed E-state index contributed by atoms with van der Waals surface area (Å²) in [4.78, 5) is 13.7. The summed E-state index contributed by atoms with van der Waals surface area (Å²) in [7, 11) is 0. The molecule has 1 amide bonds. The summed E-state index contributed by atoms with van der Waals surface area (Å²) < 4.78 is 0. The monoisotopic (exact) mass is 333 g/mol. The van der Waals surface area contributed by atoms with Crippen molar-refractivity contribution in [2.24, 2.45) is 0 Å². The van der Waals surface area contributed by atoms with Gasteiger partial charge in [0.05, 0.1) is 11.1 Å². The van der Waals surface area contributed by atoms with Crippen LogP contribution >= 0.6 is 23.2 Å². The van der Waals surface area contributed by atoms with Crippen molar-refractivity contribution in [1.82, 2.24) is 4.90 Å². The number of carbonyl (C=O) groups is 1. The SMILES string of the molecule is O=C1C(Cl)=C(Cl)C(O)N1C(c1ccccc1)c1ccccc1. The number of rotatable bonds is 3. The first-order valence-electron chi connectivity index (χ1n) is 6.77. The second-order valence-corrected chi connectivity index (χ2v) is 5.76. The van der Waals surface area contributed by atoms with Crippen LogP contribution in [0, 0.1) is 0 Å². The molecule has 5 heteroatoms. The average Bonchev–Trinajstić information content (AvgIpc) is 2.75. The number of carbonyl (C=O) groups excluding carboxylic acids is 1. The quantitative estimate of drug-likeness (QED) is 0.931. The Hall–Kier alpha value is -1.81. The molecule has 1 N–H and O–H groups in total. The van der Waals surface area contributed by atoms with Crippen molar-refractivity contribution in [3.63, 3.8) is 0 Å². The van der Waals surface area contributed by atoms with Crippen molar-refractivity contribution < 1.29 is 9.90 Å². The third-order valence-corrected chi connectivity index (χ3v) is 4.48. The van der Waals surface area contributed by atoms with Crippen molar-refractivity contribution in [3.05, 3.63) is 81.9 Å². The van der Waals surface area contributed by atoms with Crippen LogP contribution in [-0.2, 0) is 4.79 Å². The van der Waals surface area contributed by atoms with E-state index in [0.29, 0.717) is 0 Å². The highest BCUT2D eigenvalue weighted by molar-refractivity contribution is 6.49. The molecule has 0 saturated heterocycles. The van der Waals surface area contributed by atoms with E-state index in [9.17, 15) is 9.90 Å². The molecule has 0 spiro atoms. The molecule has 22 heavy (non-hydrogen) atoms. The van der Waals surface area contributed by atoms with Crippen molar-refractivity contribution in [1.29, 1.82) is 0 Å². The van der Waals surface area contributed by atoms with Gasteiger partial charge >= 0.3 is 0 Å². The van der Waals surface area contributed by atoms with E-state index in [4.69, 9.17) is 23.2 Å². The van der Waals surface area contributed by atoms with E-state index in [0.717, 1.165) is 11.1 Å². The fourth-order valence-electron chi connectivity index (χ4n) is 2.60. The van der Waals surface area contributed by atoms with Gasteiger partial charge in [-0.2, -0.15) is 0 Å². The molecule has 0 bridgehead atoms. The molecule has 0 saturated carbocycles. The highest BCUT2D eigenvalue weighted by Gasteiger charge is 2.41. The summed E-state index contributed by atoms with van der Waals surface area (Å²) in [5, 5.41) is 10.2. The van der Waals surface area contributed by atoms with Crippen molar-refractivity contribution >= 4 is 29.1 Å². The minimum atomic E-state index is -1.24. The zero-order chi connectivity index (χ0) is 15.7. The minimum absolute atomic E-state index is 0.0384. The summed E-state index contributed by atoms with van der Waals surface area (Å²) in [6, 6.07) is 18.5. The van der Waals surface area contributed by atoms with Crippen LogP contribution in [0.15, 0.2) is 70.7 Å². The van der Waals surface area contributed by atoms with Gasteiger partial charge in [0.1, 0.15) is 5.03 Å². The Kier molecular flexibility index (Phi) is 4.21. The largest absolute Gasteiger partial charge is 0.368 e. The second-order valence-electron chi connectivity index (χ2n) is 4.97. The Morgan fingerprint density at radius 2 is 1.36 bits per heavy atom. The normalized spacial score (nSPS) is 18.5. The molecule has 0 fully saturated rings. The smallest absolute Gasteiger partial charge is 0.269 e. The van der Waals surface area contributed by atoms with Crippen LogP contribution in [0.5, 0.6) is 0 Å². The predicted octanol–water partition coefficient (Wildman–Crippen LogP) is 3.63. The van der Waals surface area contributed by atoms with E-state index in [-0.39, 0.29) is 10.1 Å². The van der Waals surface area contributed by atoms with Crippen molar-refractivity contribution in [2.75, 3.05) is 0 Å². The van der Waals surface area contributed by atoms with E-state index in [1.807, 2.05) is 60.7 Å². The van der Waals surface area contributed by atoms with Crippen molar-refractivity contribution in [2.45, 2.75) is 12.3 Å². The maximum absolute atomic E-state index is 12.4. The Labute approximate surface area is 138 Å². The second kappa shape index (κ2) is 6.13. The number of nitrogens with zero attached hydrogens (tertiary/aromatic N) is 1. The molecule has 0 aliphatic carbocycles. The first-order valence-corrected chi connectivity index (χ1v) is 7.52. The third kappa shape index (κ3) is 2.52. The molecule has 1 aliphatic heterocycles. The molecule has 0 radical (unpaired) electrons. The van der Waals surface area contributed by atoms with Gasteiger partial charge in [0.2, 0.25) is 0 Å². The van der Waals surface area contributed by atoms with E-state index < -0.39 is 18.2 Å². The predicted molar refractivity (Wildman–Crippen MR) is 86.3 cm³/mol. The Balaban J connectivity index is 2.10. The first-order chi connectivity index (χ1) is 10.6.